The maximum absolute atomic E-state index is 12.4. The Morgan fingerprint density at radius 1 is 1.21 bits per heavy atom. The summed E-state index contributed by atoms with van der Waals surface area (Å²) in [5, 5.41) is 6.06. The van der Waals surface area contributed by atoms with Crippen molar-refractivity contribution in [3.8, 4) is 0 Å². The molecule has 1 atom stereocenters. The summed E-state index contributed by atoms with van der Waals surface area (Å²) in [5.41, 5.74) is 0. The van der Waals surface area contributed by atoms with Crippen LogP contribution in [0, 0.1) is 0 Å². The molecule has 1 unspecified atom stereocenters. The molecule has 2 aliphatic rings. The molecule has 0 aliphatic carbocycles. The molecular formula is C15H26F3N5O. The topological polar surface area (TPSA) is 60.0 Å². The molecule has 0 aromatic heterocycles. The molecule has 24 heavy (non-hydrogen) atoms. The molecule has 0 aromatic carbocycles. The van der Waals surface area contributed by atoms with Crippen LogP contribution < -0.4 is 10.6 Å². The van der Waals surface area contributed by atoms with Crippen molar-refractivity contribution in [2.45, 2.75) is 37.9 Å². The highest BCUT2D eigenvalue weighted by molar-refractivity contribution is 5.86. The summed E-state index contributed by atoms with van der Waals surface area (Å²) >= 11 is 0. The fraction of sp³-hybridized carbons (Fsp3) is 0.867. The summed E-state index contributed by atoms with van der Waals surface area (Å²) in [5.74, 6) is 0.488. The lowest BCUT2D eigenvalue weighted by Gasteiger charge is -2.27. The lowest BCUT2D eigenvalue weighted by Crippen LogP contribution is -2.49. The number of nitrogens with one attached hydrogen (secondary N) is 2. The summed E-state index contributed by atoms with van der Waals surface area (Å²) in [6.07, 6.45) is -0.311. The third-order valence-electron chi connectivity index (χ3n) is 4.36. The highest BCUT2D eigenvalue weighted by Crippen LogP contribution is 2.19. The van der Waals surface area contributed by atoms with Crippen LogP contribution in [0.15, 0.2) is 4.99 Å². The van der Waals surface area contributed by atoms with E-state index < -0.39 is 12.7 Å². The van der Waals surface area contributed by atoms with E-state index in [1.165, 1.54) is 4.90 Å². The molecule has 2 heterocycles. The molecule has 0 radical (unpaired) electrons. The van der Waals surface area contributed by atoms with Crippen molar-refractivity contribution in [1.29, 1.82) is 0 Å². The van der Waals surface area contributed by atoms with Crippen LogP contribution in [0.5, 0.6) is 0 Å². The number of piperidine rings is 1. The van der Waals surface area contributed by atoms with Crippen LogP contribution >= 0.6 is 0 Å². The van der Waals surface area contributed by atoms with E-state index in [4.69, 9.17) is 0 Å². The number of guanidine groups is 1. The highest BCUT2D eigenvalue weighted by atomic mass is 19.4. The first-order chi connectivity index (χ1) is 11.4. The number of carbonyl (C=O) groups is 1. The van der Waals surface area contributed by atoms with Crippen molar-refractivity contribution < 1.29 is 18.0 Å². The maximum atomic E-state index is 12.4. The van der Waals surface area contributed by atoms with Gasteiger partial charge < -0.3 is 15.5 Å². The first kappa shape index (κ1) is 18.8. The number of aliphatic imine (C=N–C) groups is 1. The smallest absolute Gasteiger partial charge is 0.352 e. The van der Waals surface area contributed by atoms with Crippen LogP contribution in [-0.2, 0) is 4.79 Å². The van der Waals surface area contributed by atoms with Crippen LogP contribution in [-0.4, -0.2) is 80.2 Å². The number of carbonyl (C=O) groups excluding carboxylic acids is 1. The van der Waals surface area contributed by atoms with Gasteiger partial charge in [-0.1, -0.05) is 0 Å². The number of halogens is 3. The average molecular weight is 349 g/mol. The van der Waals surface area contributed by atoms with E-state index in [1.807, 2.05) is 4.90 Å². The molecule has 0 spiro atoms. The molecule has 1 amide bonds. The van der Waals surface area contributed by atoms with Gasteiger partial charge >= 0.3 is 6.18 Å². The summed E-state index contributed by atoms with van der Waals surface area (Å²) in [7, 11) is 1.59. The Morgan fingerprint density at radius 2 is 1.92 bits per heavy atom. The highest BCUT2D eigenvalue weighted by Gasteiger charge is 2.34. The summed E-state index contributed by atoms with van der Waals surface area (Å²) in [6.45, 7) is 1.58. The predicted molar refractivity (Wildman–Crippen MR) is 85.8 cm³/mol. The van der Waals surface area contributed by atoms with Gasteiger partial charge in [-0.05, 0) is 25.7 Å². The zero-order valence-electron chi connectivity index (χ0n) is 14.0. The van der Waals surface area contributed by atoms with Gasteiger partial charge in [0.15, 0.2) is 5.96 Å². The second kappa shape index (κ2) is 8.55. The van der Waals surface area contributed by atoms with Gasteiger partial charge in [0.1, 0.15) is 0 Å². The van der Waals surface area contributed by atoms with Gasteiger partial charge in [0.2, 0.25) is 5.91 Å². The van der Waals surface area contributed by atoms with Crippen LogP contribution in [0.1, 0.15) is 25.7 Å². The van der Waals surface area contributed by atoms with Gasteiger partial charge in [-0.25, -0.2) is 0 Å². The maximum Gasteiger partial charge on any atom is 0.401 e. The van der Waals surface area contributed by atoms with E-state index >= 15 is 0 Å². The van der Waals surface area contributed by atoms with Crippen LogP contribution in [0.25, 0.3) is 0 Å². The van der Waals surface area contributed by atoms with E-state index in [9.17, 15) is 18.0 Å². The van der Waals surface area contributed by atoms with E-state index in [1.54, 1.807) is 7.05 Å². The number of rotatable bonds is 4. The number of likely N-dealkylation sites (tertiary alicyclic amines) is 2. The quantitative estimate of drug-likeness (QED) is 0.582. The van der Waals surface area contributed by atoms with Crippen LogP contribution in [0.3, 0.4) is 0 Å². The van der Waals surface area contributed by atoms with Gasteiger partial charge in [-0.2, -0.15) is 13.2 Å². The standard InChI is InChI=1S/C15H26F3N5O/c1-19-14(20-9-13(24)23-6-3-2-4-7-23)21-12-5-8-22(10-12)11-15(16,17)18/h12H,2-11H2,1H3,(H2,19,20,21). The summed E-state index contributed by atoms with van der Waals surface area (Å²) < 4.78 is 37.2. The third-order valence-corrected chi connectivity index (χ3v) is 4.36. The SMILES string of the molecule is CN=C(NCC(=O)N1CCCCC1)NC1CCN(CC(F)(F)F)C1. The Kier molecular flexibility index (Phi) is 6.70. The minimum Gasteiger partial charge on any atom is -0.352 e. The molecule has 0 aromatic rings. The molecule has 2 N–H and O–H groups in total. The molecule has 2 rings (SSSR count). The number of alkyl halides is 3. The second-order valence-electron chi connectivity index (χ2n) is 6.35. The number of nitrogens with zero attached hydrogens (tertiary/aromatic N) is 3. The average Bonchev–Trinajstić information content (AvgIpc) is 2.96. The molecule has 6 nitrogen and oxygen atoms in total. The minimum atomic E-state index is -4.17. The van der Waals surface area contributed by atoms with E-state index in [0.29, 0.717) is 25.5 Å². The lowest BCUT2D eigenvalue weighted by molar-refractivity contribution is -0.143. The third kappa shape index (κ3) is 6.18. The second-order valence-corrected chi connectivity index (χ2v) is 6.35. The van der Waals surface area contributed by atoms with E-state index in [2.05, 4.69) is 15.6 Å². The van der Waals surface area contributed by atoms with Crippen molar-refractivity contribution in [3.05, 3.63) is 0 Å². The Hall–Kier alpha value is -1.51. The van der Waals surface area contributed by atoms with Crippen molar-refractivity contribution in [2.75, 3.05) is 46.3 Å². The zero-order chi connectivity index (χ0) is 17.6. The Bertz CT molecular complexity index is 449. The van der Waals surface area contributed by atoms with Crippen molar-refractivity contribution in [2.24, 2.45) is 4.99 Å². The van der Waals surface area contributed by atoms with Crippen molar-refractivity contribution in [1.82, 2.24) is 20.4 Å². The van der Waals surface area contributed by atoms with Gasteiger partial charge in [0.25, 0.3) is 0 Å². The molecular weight excluding hydrogens is 323 g/mol. The van der Waals surface area contributed by atoms with E-state index in [-0.39, 0.29) is 18.5 Å². The molecule has 0 saturated carbocycles. The van der Waals surface area contributed by atoms with Gasteiger partial charge in [0.05, 0.1) is 13.1 Å². The zero-order valence-corrected chi connectivity index (χ0v) is 14.0. The minimum absolute atomic E-state index is 0.0303. The van der Waals surface area contributed by atoms with Gasteiger partial charge in [-0.3, -0.25) is 14.7 Å². The Morgan fingerprint density at radius 3 is 2.54 bits per heavy atom. The normalized spacial score (nSPS) is 23.4. The summed E-state index contributed by atoms with van der Waals surface area (Å²) in [6, 6.07) is -0.0939. The van der Waals surface area contributed by atoms with Crippen LogP contribution in [0.2, 0.25) is 0 Å². The Labute approximate surface area is 140 Å². The number of hydrogen-bond donors (Lipinski definition) is 2. The Balaban J connectivity index is 1.72. The number of hydrogen-bond acceptors (Lipinski definition) is 3. The molecule has 0 bridgehead atoms. The fourth-order valence-electron chi connectivity index (χ4n) is 3.15. The first-order valence-corrected chi connectivity index (χ1v) is 8.41. The summed E-state index contributed by atoms with van der Waals surface area (Å²) in [4.78, 5) is 19.4. The largest absolute Gasteiger partial charge is 0.401 e. The first-order valence-electron chi connectivity index (χ1n) is 8.41. The van der Waals surface area contributed by atoms with Crippen LogP contribution in [0.4, 0.5) is 13.2 Å². The van der Waals surface area contributed by atoms with Gasteiger partial charge in [0, 0.05) is 39.3 Å². The monoisotopic (exact) mass is 349 g/mol. The molecule has 2 aliphatic heterocycles. The number of amides is 1. The van der Waals surface area contributed by atoms with Crippen molar-refractivity contribution in [3.63, 3.8) is 0 Å². The lowest BCUT2D eigenvalue weighted by atomic mass is 10.1. The molecule has 2 saturated heterocycles. The molecule has 2 fully saturated rings. The van der Waals surface area contributed by atoms with Crippen molar-refractivity contribution >= 4 is 11.9 Å². The predicted octanol–water partition coefficient (Wildman–Crippen LogP) is 0.800. The van der Waals surface area contributed by atoms with E-state index in [0.717, 1.165) is 32.4 Å². The van der Waals surface area contributed by atoms with Gasteiger partial charge in [-0.15, -0.1) is 0 Å². The molecule has 138 valence electrons. The fourth-order valence-corrected chi connectivity index (χ4v) is 3.15. The molecule has 9 heteroatoms.